The van der Waals surface area contributed by atoms with Gasteiger partial charge in [0.15, 0.2) is 11.5 Å². The van der Waals surface area contributed by atoms with Crippen molar-refractivity contribution in [1.82, 2.24) is 29.2 Å². The Morgan fingerprint density at radius 1 is 1.08 bits per heavy atom. The van der Waals surface area contributed by atoms with E-state index in [9.17, 15) is 22.8 Å². The molecule has 1 amide bonds. The molecule has 5 heterocycles. The summed E-state index contributed by atoms with van der Waals surface area (Å²) >= 11 is 0. The zero-order valence-electron chi connectivity index (χ0n) is 28.6. The van der Waals surface area contributed by atoms with E-state index in [4.69, 9.17) is 14.5 Å². The number of aromatic nitrogens is 5. The van der Waals surface area contributed by atoms with Crippen molar-refractivity contribution >= 4 is 17.7 Å². The summed E-state index contributed by atoms with van der Waals surface area (Å²) in [6.07, 6.45) is -0.0899. The molecule has 2 aliphatic rings. The molecule has 260 valence electrons. The van der Waals surface area contributed by atoms with E-state index in [1.165, 1.54) is 13.2 Å². The van der Waals surface area contributed by atoms with Crippen LogP contribution in [0.2, 0.25) is 0 Å². The topological polar surface area (TPSA) is 108 Å². The van der Waals surface area contributed by atoms with Crippen LogP contribution in [0.4, 0.5) is 23.8 Å². The molecule has 0 saturated carbocycles. The number of hydrogen-bond donors (Lipinski definition) is 0. The zero-order chi connectivity index (χ0) is 35.4. The number of aryl methyl sites for hydroxylation is 3. The summed E-state index contributed by atoms with van der Waals surface area (Å²) in [5, 5.41) is 3.69. The number of likely N-dealkylation sites (N-methyl/N-ethyl adjacent to an activating group) is 1. The molecular weight excluding hydrogens is 639 g/mol. The van der Waals surface area contributed by atoms with Crippen LogP contribution in [-0.4, -0.2) is 79.5 Å². The van der Waals surface area contributed by atoms with Crippen molar-refractivity contribution in [1.29, 1.82) is 0 Å². The first-order valence-electron chi connectivity index (χ1n) is 16.1. The van der Waals surface area contributed by atoms with Gasteiger partial charge in [0.05, 0.1) is 24.1 Å². The van der Waals surface area contributed by atoms with Crippen LogP contribution in [0.15, 0.2) is 42.9 Å². The fourth-order valence-corrected chi connectivity index (χ4v) is 6.22. The average Bonchev–Trinajstić information content (AvgIpc) is 3.57. The van der Waals surface area contributed by atoms with Gasteiger partial charge in [-0.2, -0.15) is 18.3 Å². The highest BCUT2D eigenvalue weighted by atomic mass is 19.4. The Balaban J connectivity index is 1.26. The summed E-state index contributed by atoms with van der Waals surface area (Å²) in [5.74, 6) is 0.751. The highest BCUT2D eigenvalue weighted by Crippen LogP contribution is 2.44. The maximum atomic E-state index is 14.1. The molecule has 0 N–H and O–H groups in total. The van der Waals surface area contributed by atoms with E-state index in [0.717, 1.165) is 21.9 Å². The molecule has 3 aromatic heterocycles. The van der Waals surface area contributed by atoms with E-state index in [1.54, 1.807) is 36.5 Å². The fraction of sp³-hybridized carbons (Fsp3) is 0.457. The lowest BCUT2D eigenvalue weighted by molar-refractivity contribution is -0.141. The number of ketones is 1. The van der Waals surface area contributed by atoms with Crippen LogP contribution >= 0.6 is 0 Å². The number of alkyl halides is 3. The predicted molar refractivity (Wildman–Crippen MR) is 176 cm³/mol. The third-order valence-corrected chi connectivity index (χ3v) is 8.76. The van der Waals surface area contributed by atoms with Crippen molar-refractivity contribution in [3.63, 3.8) is 0 Å². The Labute approximate surface area is 282 Å². The number of pyridine rings is 1. The summed E-state index contributed by atoms with van der Waals surface area (Å²) in [7, 11) is 3.15. The molecule has 0 aliphatic carbocycles. The van der Waals surface area contributed by atoms with Crippen molar-refractivity contribution < 1.29 is 32.2 Å². The first kappa shape index (κ1) is 34.0. The lowest BCUT2D eigenvalue weighted by Gasteiger charge is -2.44. The van der Waals surface area contributed by atoms with Crippen LogP contribution in [0.3, 0.4) is 0 Å². The quantitative estimate of drug-likeness (QED) is 0.240. The SMILES string of the molecule is Cc1cc(CC2COc3c(cc(Cn4ccnc4C)cc3-c3cn(C)nc3C(F)(F)F)C2=O)nc(N2CC(N(C)C(=O)OC(C)(C)C)C2)c1. The minimum Gasteiger partial charge on any atom is -0.491 e. The summed E-state index contributed by atoms with van der Waals surface area (Å²) in [6, 6.07) is 7.19. The van der Waals surface area contributed by atoms with Gasteiger partial charge in [-0.1, -0.05) is 0 Å². The number of amides is 1. The molecule has 0 spiro atoms. The molecule has 4 aromatic rings. The Morgan fingerprint density at radius 2 is 1.80 bits per heavy atom. The van der Waals surface area contributed by atoms with Gasteiger partial charge in [0.1, 0.15) is 23.0 Å². The second kappa shape index (κ2) is 12.5. The number of imidazole rings is 1. The Morgan fingerprint density at radius 3 is 2.45 bits per heavy atom. The number of hydrogen-bond acceptors (Lipinski definition) is 8. The fourth-order valence-electron chi connectivity index (χ4n) is 6.22. The average molecular weight is 680 g/mol. The van der Waals surface area contributed by atoms with Crippen LogP contribution in [0.25, 0.3) is 11.1 Å². The lowest BCUT2D eigenvalue weighted by Crippen LogP contribution is -2.60. The molecule has 49 heavy (non-hydrogen) atoms. The lowest BCUT2D eigenvalue weighted by atomic mass is 9.87. The van der Waals surface area contributed by atoms with Crippen LogP contribution in [0, 0.1) is 19.8 Å². The number of carbonyl (C=O) groups excluding carboxylic acids is 2. The predicted octanol–water partition coefficient (Wildman–Crippen LogP) is 5.85. The molecule has 0 radical (unpaired) electrons. The highest BCUT2D eigenvalue weighted by molar-refractivity contribution is 6.04. The third kappa shape index (κ3) is 7.13. The largest absolute Gasteiger partial charge is 0.491 e. The van der Waals surface area contributed by atoms with Crippen LogP contribution < -0.4 is 9.64 Å². The molecule has 1 saturated heterocycles. The van der Waals surface area contributed by atoms with E-state index in [-0.39, 0.29) is 53.4 Å². The van der Waals surface area contributed by atoms with Crippen LogP contribution in [-0.2, 0) is 30.9 Å². The molecule has 14 heteroatoms. The monoisotopic (exact) mass is 679 g/mol. The number of benzene rings is 1. The van der Waals surface area contributed by atoms with Gasteiger partial charge in [-0.25, -0.2) is 14.8 Å². The van der Waals surface area contributed by atoms with Gasteiger partial charge in [0.2, 0.25) is 0 Å². The van der Waals surface area contributed by atoms with Gasteiger partial charge in [0.25, 0.3) is 0 Å². The van der Waals surface area contributed by atoms with Gasteiger partial charge >= 0.3 is 12.3 Å². The van der Waals surface area contributed by atoms with Gasteiger partial charge < -0.3 is 23.8 Å². The maximum Gasteiger partial charge on any atom is 0.435 e. The summed E-state index contributed by atoms with van der Waals surface area (Å²) in [5.41, 5.74) is 0.884. The van der Waals surface area contributed by atoms with E-state index in [0.29, 0.717) is 30.9 Å². The van der Waals surface area contributed by atoms with Crippen LogP contribution in [0.1, 0.15) is 59.5 Å². The number of anilines is 1. The minimum absolute atomic E-state index is 0.0160. The second-order valence-electron chi connectivity index (χ2n) is 13.9. The first-order chi connectivity index (χ1) is 23.0. The Bertz CT molecular complexity index is 1900. The van der Waals surface area contributed by atoms with Crippen molar-refractivity contribution in [2.24, 2.45) is 13.0 Å². The number of halogens is 3. The van der Waals surface area contributed by atoms with Crippen molar-refractivity contribution in [2.45, 2.75) is 65.4 Å². The van der Waals surface area contributed by atoms with Gasteiger partial charge in [-0.15, -0.1) is 0 Å². The molecule has 6 rings (SSSR count). The summed E-state index contributed by atoms with van der Waals surface area (Å²) < 4.78 is 56.9. The summed E-state index contributed by atoms with van der Waals surface area (Å²) in [6.45, 7) is 10.7. The summed E-state index contributed by atoms with van der Waals surface area (Å²) in [4.78, 5) is 39.4. The Kier molecular flexibility index (Phi) is 8.70. The second-order valence-corrected chi connectivity index (χ2v) is 13.9. The third-order valence-electron chi connectivity index (χ3n) is 8.76. The number of nitrogens with zero attached hydrogens (tertiary/aromatic N) is 7. The van der Waals surface area contributed by atoms with E-state index < -0.39 is 23.4 Å². The maximum absolute atomic E-state index is 14.1. The number of carbonyl (C=O) groups is 2. The minimum atomic E-state index is -4.71. The van der Waals surface area contributed by atoms with Crippen molar-refractivity contribution in [3.05, 3.63) is 76.8 Å². The van der Waals surface area contributed by atoms with E-state index in [1.807, 2.05) is 51.3 Å². The van der Waals surface area contributed by atoms with Crippen molar-refractivity contribution in [3.8, 4) is 16.9 Å². The first-order valence-corrected chi connectivity index (χ1v) is 16.1. The molecule has 1 atom stereocenters. The highest BCUT2D eigenvalue weighted by Gasteiger charge is 2.40. The molecule has 1 fully saturated rings. The standard InChI is InChI=1S/C35H40F3N7O4/c1-20-10-24(40-29(11-20)45-16-25(17-45)43(7)33(47)49-34(3,4)5)14-23-19-48-31-26(28-18-42(6)41-32(28)35(36,37)38)12-22(13-27(31)30(23)46)15-44-9-8-39-21(44)2/h8-13,18,23,25H,14-17,19H2,1-7H3. The number of fused-ring (bicyclic) bond motifs is 1. The number of rotatable bonds is 7. The normalized spacial score (nSPS) is 16.7. The Hall–Kier alpha value is -4.88. The van der Waals surface area contributed by atoms with Crippen molar-refractivity contribution in [2.75, 3.05) is 31.6 Å². The van der Waals surface area contributed by atoms with Gasteiger partial charge in [0, 0.05) is 75.6 Å². The van der Waals surface area contributed by atoms with Crippen LogP contribution in [0.5, 0.6) is 5.75 Å². The molecule has 1 aromatic carbocycles. The smallest absolute Gasteiger partial charge is 0.435 e. The molecular formula is C35H40F3N7O4. The van der Waals surface area contributed by atoms with Gasteiger partial charge in [-0.05, 0) is 70.0 Å². The molecule has 11 nitrogen and oxygen atoms in total. The number of Topliss-reactive ketones (excluding diaryl/α,β-unsaturated/α-hetero) is 1. The van der Waals surface area contributed by atoms with E-state index >= 15 is 0 Å². The molecule has 2 aliphatic heterocycles. The molecule has 0 bridgehead atoms. The van der Waals surface area contributed by atoms with E-state index in [2.05, 4.69) is 15.0 Å². The number of ether oxygens (including phenoxy) is 2. The van der Waals surface area contributed by atoms with Gasteiger partial charge in [-0.3, -0.25) is 9.48 Å². The molecule has 1 unspecified atom stereocenters. The zero-order valence-corrected chi connectivity index (χ0v) is 28.6.